The standard InChI is InChI=1S/C20H29N5O/c1-15-6-7-19-23-17(14-25(19)11-15)13-24-9-3-4-16(12-24)10-22-20(26)18-5-2-8-21-18/h6-7,11,14,16,18,21H,2-5,8-10,12-13H2,1H3,(H,22,26). The van der Waals surface area contributed by atoms with Crippen molar-refractivity contribution in [3.8, 4) is 0 Å². The van der Waals surface area contributed by atoms with E-state index < -0.39 is 0 Å². The average Bonchev–Trinajstić information content (AvgIpc) is 3.29. The molecule has 0 aliphatic carbocycles. The Bertz CT molecular complexity index is 765. The molecule has 2 fully saturated rings. The lowest BCUT2D eigenvalue weighted by atomic mass is 9.97. The molecule has 0 radical (unpaired) electrons. The number of hydrogen-bond donors (Lipinski definition) is 2. The van der Waals surface area contributed by atoms with Crippen molar-refractivity contribution in [2.75, 3.05) is 26.2 Å². The number of carbonyl (C=O) groups is 1. The van der Waals surface area contributed by atoms with Gasteiger partial charge in [0.1, 0.15) is 5.65 Å². The maximum Gasteiger partial charge on any atom is 0.237 e. The molecule has 2 aliphatic heterocycles. The fourth-order valence-corrected chi connectivity index (χ4v) is 4.20. The van der Waals surface area contributed by atoms with E-state index in [0.29, 0.717) is 5.92 Å². The molecule has 2 aromatic heterocycles. The van der Waals surface area contributed by atoms with Gasteiger partial charge in [-0.3, -0.25) is 9.69 Å². The third-order valence-corrected chi connectivity index (χ3v) is 5.58. The van der Waals surface area contributed by atoms with Crippen molar-refractivity contribution in [2.24, 2.45) is 5.92 Å². The van der Waals surface area contributed by atoms with Gasteiger partial charge in [-0.15, -0.1) is 0 Å². The predicted molar refractivity (Wildman–Crippen MR) is 102 cm³/mol. The third-order valence-electron chi connectivity index (χ3n) is 5.58. The summed E-state index contributed by atoms with van der Waals surface area (Å²) in [4.78, 5) is 19.4. The molecule has 2 aromatic rings. The zero-order valence-electron chi connectivity index (χ0n) is 15.6. The summed E-state index contributed by atoms with van der Waals surface area (Å²) in [6, 6.07) is 4.20. The second kappa shape index (κ2) is 7.76. The maximum atomic E-state index is 12.2. The van der Waals surface area contributed by atoms with Crippen molar-refractivity contribution >= 4 is 11.6 Å². The van der Waals surface area contributed by atoms with E-state index in [0.717, 1.165) is 56.9 Å². The summed E-state index contributed by atoms with van der Waals surface area (Å²) in [5.74, 6) is 0.712. The van der Waals surface area contributed by atoms with E-state index in [2.05, 4.69) is 51.4 Å². The van der Waals surface area contributed by atoms with Crippen molar-refractivity contribution in [1.82, 2.24) is 24.9 Å². The van der Waals surface area contributed by atoms with Gasteiger partial charge >= 0.3 is 0 Å². The molecule has 0 spiro atoms. The fourth-order valence-electron chi connectivity index (χ4n) is 4.20. The largest absolute Gasteiger partial charge is 0.354 e. The Labute approximate surface area is 155 Å². The smallest absolute Gasteiger partial charge is 0.237 e. The minimum absolute atomic E-state index is 0.0242. The molecule has 4 heterocycles. The van der Waals surface area contributed by atoms with Crippen LogP contribution >= 0.6 is 0 Å². The highest BCUT2D eigenvalue weighted by Gasteiger charge is 2.25. The average molecular weight is 355 g/mol. The molecule has 2 aliphatic rings. The highest BCUT2D eigenvalue weighted by molar-refractivity contribution is 5.81. The van der Waals surface area contributed by atoms with E-state index in [1.807, 2.05) is 0 Å². The lowest BCUT2D eigenvalue weighted by Gasteiger charge is -2.32. The highest BCUT2D eigenvalue weighted by Crippen LogP contribution is 2.18. The lowest BCUT2D eigenvalue weighted by Crippen LogP contribution is -2.45. The normalized spacial score (nSPS) is 24.2. The van der Waals surface area contributed by atoms with Crippen LogP contribution in [0, 0.1) is 12.8 Å². The van der Waals surface area contributed by atoms with Gasteiger partial charge in [0.2, 0.25) is 5.91 Å². The molecule has 1 amide bonds. The number of carbonyl (C=O) groups excluding carboxylic acids is 1. The van der Waals surface area contributed by atoms with Crippen LogP contribution in [0.3, 0.4) is 0 Å². The molecule has 2 N–H and O–H groups in total. The predicted octanol–water partition coefficient (Wildman–Crippen LogP) is 1.72. The van der Waals surface area contributed by atoms with E-state index in [1.165, 1.54) is 18.4 Å². The van der Waals surface area contributed by atoms with E-state index in [4.69, 9.17) is 4.98 Å². The Kier molecular flexibility index (Phi) is 5.22. The first kappa shape index (κ1) is 17.5. The van der Waals surface area contributed by atoms with Gasteiger partial charge in [-0.1, -0.05) is 6.07 Å². The van der Waals surface area contributed by atoms with Crippen molar-refractivity contribution in [3.63, 3.8) is 0 Å². The molecule has 2 unspecified atom stereocenters. The van der Waals surface area contributed by atoms with Crippen molar-refractivity contribution in [1.29, 1.82) is 0 Å². The zero-order chi connectivity index (χ0) is 17.9. The van der Waals surface area contributed by atoms with Crippen LogP contribution in [-0.2, 0) is 11.3 Å². The molecule has 2 atom stereocenters. The number of hydrogen-bond acceptors (Lipinski definition) is 4. The molecule has 2 saturated heterocycles. The number of aromatic nitrogens is 2. The number of aryl methyl sites for hydroxylation is 1. The Morgan fingerprint density at radius 3 is 3.08 bits per heavy atom. The highest BCUT2D eigenvalue weighted by atomic mass is 16.2. The van der Waals surface area contributed by atoms with Crippen LogP contribution in [-0.4, -0.2) is 52.4 Å². The third kappa shape index (κ3) is 4.07. The van der Waals surface area contributed by atoms with Crippen LogP contribution in [0.15, 0.2) is 24.5 Å². The van der Waals surface area contributed by atoms with Gasteiger partial charge < -0.3 is 15.0 Å². The Morgan fingerprint density at radius 2 is 2.23 bits per heavy atom. The van der Waals surface area contributed by atoms with E-state index in [-0.39, 0.29) is 11.9 Å². The SMILES string of the molecule is Cc1ccc2nc(CN3CCCC(CNC(=O)C4CCCN4)C3)cn2c1. The van der Waals surface area contributed by atoms with Crippen LogP contribution < -0.4 is 10.6 Å². The van der Waals surface area contributed by atoms with E-state index in [1.54, 1.807) is 0 Å². The molecular formula is C20H29N5O. The van der Waals surface area contributed by atoms with E-state index >= 15 is 0 Å². The number of nitrogens with zero attached hydrogens (tertiary/aromatic N) is 3. The Morgan fingerprint density at radius 1 is 1.31 bits per heavy atom. The molecule has 6 heteroatoms. The van der Waals surface area contributed by atoms with Gasteiger partial charge in [0.15, 0.2) is 0 Å². The first-order chi connectivity index (χ1) is 12.7. The number of likely N-dealkylation sites (tertiary alicyclic amines) is 1. The molecule has 0 saturated carbocycles. The fraction of sp³-hybridized carbons (Fsp3) is 0.600. The van der Waals surface area contributed by atoms with Crippen LogP contribution in [0.5, 0.6) is 0 Å². The van der Waals surface area contributed by atoms with Gasteiger partial charge in [0, 0.05) is 32.0 Å². The molecule has 4 rings (SSSR count). The van der Waals surface area contributed by atoms with Crippen LogP contribution in [0.4, 0.5) is 0 Å². The first-order valence-electron chi connectivity index (χ1n) is 9.85. The molecule has 0 bridgehead atoms. The number of nitrogens with one attached hydrogen (secondary N) is 2. The second-order valence-corrected chi connectivity index (χ2v) is 7.84. The maximum absolute atomic E-state index is 12.2. The minimum atomic E-state index is 0.0242. The molecule has 6 nitrogen and oxygen atoms in total. The summed E-state index contributed by atoms with van der Waals surface area (Å²) in [5.41, 5.74) is 3.37. The summed E-state index contributed by atoms with van der Waals surface area (Å²) in [6.07, 6.45) is 8.72. The number of imidazole rings is 1. The summed E-state index contributed by atoms with van der Waals surface area (Å²) < 4.78 is 2.11. The molecule has 0 aromatic carbocycles. The van der Waals surface area contributed by atoms with Crippen molar-refractivity contribution in [3.05, 3.63) is 35.8 Å². The number of rotatable bonds is 5. The summed E-state index contributed by atoms with van der Waals surface area (Å²) >= 11 is 0. The Hall–Kier alpha value is -1.92. The van der Waals surface area contributed by atoms with Gasteiger partial charge in [-0.25, -0.2) is 4.98 Å². The molecular weight excluding hydrogens is 326 g/mol. The Balaban J connectivity index is 1.30. The second-order valence-electron chi connectivity index (χ2n) is 7.84. The van der Waals surface area contributed by atoms with Crippen molar-refractivity contribution < 1.29 is 4.79 Å². The summed E-state index contributed by atoms with van der Waals surface area (Å²) in [7, 11) is 0. The topological polar surface area (TPSA) is 61.7 Å². The molecule has 140 valence electrons. The monoisotopic (exact) mass is 355 g/mol. The van der Waals surface area contributed by atoms with Crippen LogP contribution in [0.2, 0.25) is 0 Å². The van der Waals surface area contributed by atoms with Crippen LogP contribution in [0.1, 0.15) is 36.9 Å². The zero-order valence-corrected chi connectivity index (χ0v) is 15.6. The van der Waals surface area contributed by atoms with E-state index in [9.17, 15) is 4.79 Å². The van der Waals surface area contributed by atoms with Crippen LogP contribution in [0.25, 0.3) is 5.65 Å². The number of amides is 1. The number of pyridine rings is 1. The molecule has 26 heavy (non-hydrogen) atoms. The lowest BCUT2D eigenvalue weighted by molar-refractivity contribution is -0.123. The summed E-state index contributed by atoms with van der Waals surface area (Å²) in [5, 5.41) is 6.43. The quantitative estimate of drug-likeness (QED) is 0.857. The first-order valence-corrected chi connectivity index (χ1v) is 9.85. The van der Waals surface area contributed by atoms with Gasteiger partial charge in [0.25, 0.3) is 0 Å². The number of piperidine rings is 1. The minimum Gasteiger partial charge on any atom is -0.354 e. The number of fused-ring (bicyclic) bond motifs is 1. The van der Waals surface area contributed by atoms with Gasteiger partial charge in [0.05, 0.1) is 11.7 Å². The van der Waals surface area contributed by atoms with Crippen molar-refractivity contribution in [2.45, 2.75) is 45.2 Å². The van der Waals surface area contributed by atoms with Gasteiger partial charge in [-0.2, -0.15) is 0 Å². The summed E-state index contributed by atoms with van der Waals surface area (Å²) in [6.45, 7) is 6.89. The van der Waals surface area contributed by atoms with Gasteiger partial charge in [-0.05, 0) is 63.2 Å².